The minimum Gasteiger partial charge on any atom is -0.413 e. The summed E-state index contributed by atoms with van der Waals surface area (Å²) in [5.41, 5.74) is 5.51. The van der Waals surface area contributed by atoms with Crippen molar-refractivity contribution in [2.75, 3.05) is 26.2 Å². The maximum Gasteiger partial charge on any atom is 0.362 e. The number of ether oxygens (including phenoxy) is 1. The number of β-lactam (4-membered cyclic amide) rings is 1. The Kier molecular flexibility index (Phi) is 10.8. The third-order valence-electron chi connectivity index (χ3n) is 9.84. The van der Waals surface area contributed by atoms with Crippen LogP contribution in [-0.4, -0.2) is 91.0 Å². The number of likely N-dealkylation sites (tertiary alicyclic amines) is 1. The fourth-order valence-electron chi connectivity index (χ4n) is 6.96. The summed E-state index contributed by atoms with van der Waals surface area (Å²) in [6.07, 6.45) is 0.161. The maximum absolute atomic E-state index is 13.8. The molecule has 2 saturated heterocycles. The number of carbonyl (C=O) groups is 5. The van der Waals surface area contributed by atoms with Crippen LogP contribution in [0.1, 0.15) is 51.4 Å². The molecule has 5 atom stereocenters. The monoisotopic (exact) mass is 657 g/mol. The molecule has 0 aromatic heterocycles. The van der Waals surface area contributed by atoms with Gasteiger partial charge in [-0.3, -0.25) is 29.4 Å². The van der Waals surface area contributed by atoms with Gasteiger partial charge in [0.1, 0.15) is 5.70 Å². The third kappa shape index (κ3) is 6.90. The van der Waals surface area contributed by atoms with Gasteiger partial charge in [0.2, 0.25) is 17.7 Å². The Labute approximate surface area is 268 Å². The summed E-state index contributed by atoms with van der Waals surface area (Å²) in [5, 5.41) is 13.5. The number of fused-ring (bicyclic) bond motifs is 1. The van der Waals surface area contributed by atoms with E-state index in [9.17, 15) is 34.1 Å². The normalized spacial score (nSPS) is 23.5. The number of carbonyl (C=O) groups excluding carboxylic acids is 5. The van der Waals surface area contributed by atoms with Crippen molar-refractivity contribution in [3.05, 3.63) is 51.2 Å². The van der Waals surface area contributed by atoms with Gasteiger partial charge in [-0.05, 0) is 55.7 Å². The molecule has 1 aromatic carbocycles. The predicted molar refractivity (Wildman–Crippen MR) is 168 cm³/mol. The Balaban J connectivity index is 1.58. The molecule has 3 aliphatic heterocycles. The van der Waals surface area contributed by atoms with E-state index >= 15 is 0 Å². The van der Waals surface area contributed by atoms with Crippen LogP contribution in [-0.2, 0) is 28.3 Å². The van der Waals surface area contributed by atoms with Gasteiger partial charge >= 0.3 is 11.9 Å². The molecule has 1 unspecified atom stereocenters. The van der Waals surface area contributed by atoms with Crippen LogP contribution in [0.5, 0.6) is 0 Å². The molecule has 3 aliphatic rings. The number of non-ortho nitro benzene ring substituents is 1. The van der Waals surface area contributed by atoms with E-state index in [1.54, 1.807) is 0 Å². The fraction of sp³-hybridized carbons (Fsp3) is 0.581. The molecule has 14 nitrogen and oxygen atoms in total. The number of primary amides is 1. The lowest BCUT2D eigenvalue weighted by Crippen LogP contribution is -2.65. The minimum absolute atomic E-state index is 0.00724. The second kappa shape index (κ2) is 14.2. The molecule has 0 spiro atoms. The van der Waals surface area contributed by atoms with Gasteiger partial charge in [-0.2, -0.15) is 0 Å². The van der Waals surface area contributed by atoms with Gasteiger partial charge in [0.05, 0.1) is 41.0 Å². The SMILES string of the molecule is CC[Si](CC)(CC)OC(C)[C@H]1C(=O)N2C(C(=O)OC(=O)c3ccc([N+](=O)[O-])cc3)=C(CN3CC[C@H](C(=O)NCC(N)=O)C3)[C@H](C)[C@H]12. The number of esters is 2. The number of nitro benzene ring substituents is 1. The van der Waals surface area contributed by atoms with E-state index in [1.807, 2.05) is 18.7 Å². The minimum atomic E-state index is -2.05. The average Bonchev–Trinajstić information content (AvgIpc) is 3.59. The molecule has 0 saturated carbocycles. The Hall–Kier alpha value is -3.95. The Morgan fingerprint density at radius 3 is 2.30 bits per heavy atom. The largest absolute Gasteiger partial charge is 0.413 e. The van der Waals surface area contributed by atoms with E-state index in [0.29, 0.717) is 25.1 Å². The highest BCUT2D eigenvalue weighted by Crippen LogP contribution is 2.49. The summed E-state index contributed by atoms with van der Waals surface area (Å²) in [7, 11) is -2.05. The molecule has 3 amide bonds. The van der Waals surface area contributed by atoms with Crippen LogP contribution >= 0.6 is 0 Å². The van der Waals surface area contributed by atoms with Crippen LogP contribution in [0.15, 0.2) is 35.5 Å². The zero-order chi connectivity index (χ0) is 33.9. The predicted octanol–water partition coefficient (Wildman–Crippen LogP) is 2.34. The first-order valence-corrected chi connectivity index (χ1v) is 18.3. The van der Waals surface area contributed by atoms with E-state index in [2.05, 4.69) is 26.1 Å². The van der Waals surface area contributed by atoms with Gasteiger partial charge in [-0.1, -0.05) is 27.7 Å². The van der Waals surface area contributed by atoms with Crippen LogP contribution in [0.4, 0.5) is 5.69 Å². The molecular weight excluding hydrogens is 614 g/mol. The molecule has 2 fully saturated rings. The Bertz CT molecular complexity index is 1420. The van der Waals surface area contributed by atoms with Gasteiger partial charge in [-0.15, -0.1) is 0 Å². The van der Waals surface area contributed by atoms with E-state index in [4.69, 9.17) is 14.9 Å². The molecule has 250 valence electrons. The summed E-state index contributed by atoms with van der Waals surface area (Å²) in [5.74, 6) is -4.32. The van der Waals surface area contributed by atoms with Crippen molar-refractivity contribution in [1.82, 2.24) is 15.1 Å². The van der Waals surface area contributed by atoms with E-state index < -0.39 is 37.0 Å². The molecule has 3 N–H and O–H groups in total. The third-order valence-corrected chi connectivity index (χ3v) is 14.6. The second-order valence-corrected chi connectivity index (χ2v) is 17.1. The van der Waals surface area contributed by atoms with Crippen LogP contribution in [0, 0.1) is 27.9 Å². The van der Waals surface area contributed by atoms with E-state index in [0.717, 1.165) is 30.3 Å². The van der Waals surface area contributed by atoms with Crippen molar-refractivity contribution < 1.29 is 38.1 Å². The van der Waals surface area contributed by atoms with Gasteiger partial charge in [0.25, 0.3) is 5.69 Å². The zero-order valence-corrected chi connectivity index (χ0v) is 27.9. The second-order valence-electron chi connectivity index (χ2n) is 12.3. The first-order chi connectivity index (χ1) is 21.8. The van der Waals surface area contributed by atoms with Crippen molar-refractivity contribution in [3.63, 3.8) is 0 Å². The lowest BCUT2D eigenvalue weighted by Gasteiger charge is -2.49. The van der Waals surface area contributed by atoms with Crippen LogP contribution in [0.2, 0.25) is 18.1 Å². The number of nitrogens with zero attached hydrogens (tertiary/aromatic N) is 3. The number of amides is 3. The average molecular weight is 658 g/mol. The van der Waals surface area contributed by atoms with Crippen molar-refractivity contribution in [1.29, 1.82) is 0 Å². The number of hydrogen-bond donors (Lipinski definition) is 2. The standard InChI is InChI=1S/C31H43N5O9Si/c1-6-46(7-2,8-3)45-19(5)25-26-18(4)23(17-34-14-13-21(16-34)28(38)33-15-24(32)37)27(35(26)29(25)39)31(41)44-30(40)20-9-11-22(12-10-20)36(42)43/h9-12,18-19,21,25-26H,6-8,13-17H2,1-5H3,(H2,32,37)(H,33,38)/t18-,19?,21-,25+,26+/m0/s1. The Morgan fingerprint density at radius 2 is 1.74 bits per heavy atom. The first kappa shape index (κ1) is 34.9. The summed E-state index contributed by atoms with van der Waals surface area (Å²) >= 11 is 0. The van der Waals surface area contributed by atoms with Gasteiger partial charge < -0.3 is 25.1 Å². The summed E-state index contributed by atoms with van der Waals surface area (Å²) < 4.78 is 11.9. The van der Waals surface area contributed by atoms with E-state index in [1.165, 1.54) is 17.0 Å². The molecule has 0 aliphatic carbocycles. The first-order valence-electron chi connectivity index (χ1n) is 15.8. The van der Waals surface area contributed by atoms with E-state index in [-0.39, 0.29) is 65.8 Å². The van der Waals surface area contributed by atoms with Crippen molar-refractivity contribution in [2.24, 2.45) is 23.5 Å². The van der Waals surface area contributed by atoms with Crippen LogP contribution in [0.3, 0.4) is 0 Å². The van der Waals surface area contributed by atoms with Crippen LogP contribution < -0.4 is 11.1 Å². The highest BCUT2D eigenvalue weighted by molar-refractivity contribution is 6.73. The number of nitro groups is 1. The van der Waals surface area contributed by atoms with Gasteiger partial charge in [0, 0.05) is 31.1 Å². The number of nitrogens with two attached hydrogens (primary N) is 1. The molecule has 15 heteroatoms. The molecule has 4 rings (SSSR count). The highest BCUT2D eigenvalue weighted by Gasteiger charge is 2.61. The fourth-order valence-corrected chi connectivity index (χ4v) is 9.89. The van der Waals surface area contributed by atoms with Crippen molar-refractivity contribution in [2.45, 2.75) is 71.3 Å². The number of nitrogens with one attached hydrogen (secondary N) is 1. The molecule has 0 radical (unpaired) electrons. The topological polar surface area (TPSA) is 191 Å². The van der Waals surface area contributed by atoms with Crippen molar-refractivity contribution >= 4 is 43.7 Å². The van der Waals surface area contributed by atoms with Crippen molar-refractivity contribution in [3.8, 4) is 0 Å². The summed E-state index contributed by atoms with van der Waals surface area (Å²) in [6, 6.07) is 7.07. The lowest BCUT2D eigenvalue weighted by molar-refractivity contribution is -0.384. The number of benzene rings is 1. The number of hydrogen-bond acceptors (Lipinski definition) is 10. The lowest BCUT2D eigenvalue weighted by atomic mass is 9.77. The smallest absolute Gasteiger partial charge is 0.362 e. The molecule has 46 heavy (non-hydrogen) atoms. The number of rotatable bonds is 14. The molecular formula is C31H43N5O9Si. The van der Waals surface area contributed by atoms with Crippen LogP contribution in [0.25, 0.3) is 0 Å². The Morgan fingerprint density at radius 1 is 1.11 bits per heavy atom. The molecule has 3 heterocycles. The summed E-state index contributed by atoms with van der Waals surface area (Å²) in [4.78, 5) is 77.9. The highest BCUT2D eigenvalue weighted by atomic mass is 28.4. The zero-order valence-electron chi connectivity index (χ0n) is 26.9. The quantitative estimate of drug-likeness (QED) is 0.0750. The van der Waals surface area contributed by atoms with Gasteiger partial charge in [-0.25, -0.2) is 9.59 Å². The summed E-state index contributed by atoms with van der Waals surface area (Å²) in [6.45, 7) is 11.1. The maximum atomic E-state index is 13.8. The molecule has 1 aromatic rings. The van der Waals surface area contributed by atoms with Gasteiger partial charge in [0.15, 0.2) is 8.32 Å². The molecule has 0 bridgehead atoms.